The van der Waals surface area contributed by atoms with Crippen molar-refractivity contribution >= 4 is 0 Å². The first-order valence-corrected chi connectivity index (χ1v) is 5.49. The molecule has 1 aliphatic rings. The third-order valence-electron chi connectivity index (χ3n) is 2.60. The maximum Gasteiger partial charge on any atom is 0.153 e. The lowest BCUT2D eigenvalue weighted by molar-refractivity contribution is 0.0742. The standard InChI is InChI=1S/C11H17N3O/c1-3-10(7-12-4-1)8-15-9-11-13-5-2-6-14-11/h2,5-6,10,12H,1,3-4,7-9H2. The fraction of sp³-hybridized carbons (Fsp3) is 0.636. The Balaban J connectivity index is 1.66. The van der Waals surface area contributed by atoms with Crippen molar-refractivity contribution in [3.8, 4) is 0 Å². The molecule has 1 aromatic heterocycles. The number of aromatic nitrogens is 2. The van der Waals surface area contributed by atoms with Gasteiger partial charge in [-0.25, -0.2) is 9.97 Å². The van der Waals surface area contributed by atoms with Crippen LogP contribution in [0.2, 0.25) is 0 Å². The lowest BCUT2D eigenvalue weighted by atomic mass is 10.0. The molecule has 1 N–H and O–H groups in total. The van der Waals surface area contributed by atoms with Gasteiger partial charge in [-0.05, 0) is 31.4 Å². The lowest BCUT2D eigenvalue weighted by Crippen LogP contribution is -2.32. The Kier molecular flexibility index (Phi) is 4.05. The highest BCUT2D eigenvalue weighted by Gasteiger charge is 2.12. The number of nitrogens with one attached hydrogen (secondary N) is 1. The molecule has 0 aromatic carbocycles. The fourth-order valence-electron chi connectivity index (χ4n) is 1.79. The summed E-state index contributed by atoms with van der Waals surface area (Å²) in [5.74, 6) is 1.42. The molecule has 1 unspecified atom stereocenters. The number of nitrogens with zero attached hydrogens (tertiary/aromatic N) is 2. The van der Waals surface area contributed by atoms with Gasteiger partial charge in [0.25, 0.3) is 0 Å². The minimum atomic E-state index is 0.525. The van der Waals surface area contributed by atoms with Crippen molar-refractivity contribution < 1.29 is 4.74 Å². The van der Waals surface area contributed by atoms with E-state index < -0.39 is 0 Å². The SMILES string of the molecule is c1cnc(COCC2CCCNC2)nc1. The molecule has 1 aliphatic heterocycles. The van der Waals surface area contributed by atoms with Crippen LogP contribution >= 0.6 is 0 Å². The van der Waals surface area contributed by atoms with Gasteiger partial charge >= 0.3 is 0 Å². The summed E-state index contributed by atoms with van der Waals surface area (Å²) in [4.78, 5) is 8.22. The summed E-state index contributed by atoms with van der Waals surface area (Å²) in [5, 5.41) is 3.37. The molecule has 0 saturated carbocycles. The van der Waals surface area contributed by atoms with Crippen LogP contribution in [0, 0.1) is 5.92 Å². The van der Waals surface area contributed by atoms with Crippen LogP contribution in [0.15, 0.2) is 18.5 Å². The molecule has 2 heterocycles. The molecule has 1 fully saturated rings. The van der Waals surface area contributed by atoms with Gasteiger partial charge in [0.05, 0.1) is 6.61 Å². The van der Waals surface area contributed by atoms with Crippen molar-refractivity contribution in [2.75, 3.05) is 19.7 Å². The average molecular weight is 207 g/mol. The topological polar surface area (TPSA) is 47.0 Å². The Hall–Kier alpha value is -1.00. The first kappa shape index (κ1) is 10.5. The molecule has 15 heavy (non-hydrogen) atoms. The van der Waals surface area contributed by atoms with Gasteiger partial charge in [-0.2, -0.15) is 0 Å². The second-order valence-electron chi connectivity index (χ2n) is 3.89. The highest BCUT2D eigenvalue weighted by atomic mass is 16.5. The van der Waals surface area contributed by atoms with E-state index in [0.717, 1.165) is 25.5 Å². The van der Waals surface area contributed by atoms with E-state index in [1.54, 1.807) is 12.4 Å². The number of hydrogen-bond acceptors (Lipinski definition) is 4. The van der Waals surface area contributed by atoms with E-state index in [9.17, 15) is 0 Å². The van der Waals surface area contributed by atoms with Gasteiger partial charge in [-0.3, -0.25) is 0 Å². The Labute approximate surface area is 90.1 Å². The van der Waals surface area contributed by atoms with Crippen molar-refractivity contribution in [2.24, 2.45) is 5.92 Å². The van der Waals surface area contributed by atoms with E-state index in [1.807, 2.05) is 6.07 Å². The second kappa shape index (κ2) is 5.78. The van der Waals surface area contributed by atoms with E-state index in [4.69, 9.17) is 4.74 Å². The molecule has 4 heteroatoms. The second-order valence-corrected chi connectivity index (χ2v) is 3.89. The van der Waals surface area contributed by atoms with Crippen LogP contribution in [-0.2, 0) is 11.3 Å². The molecule has 1 atom stereocenters. The Morgan fingerprint density at radius 1 is 1.40 bits per heavy atom. The number of ether oxygens (including phenoxy) is 1. The van der Waals surface area contributed by atoms with Crippen LogP contribution in [0.1, 0.15) is 18.7 Å². The first-order chi connectivity index (χ1) is 7.45. The zero-order valence-electron chi connectivity index (χ0n) is 8.85. The van der Waals surface area contributed by atoms with Crippen molar-refractivity contribution in [1.82, 2.24) is 15.3 Å². The molecule has 0 amide bonds. The van der Waals surface area contributed by atoms with E-state index in [1.165, 1.54) is 12.8 Å². The quantitative estimate of drug-likeness (QED) is 0.800. The van der Waals surface area contributed by atoms with Crippen molar-refractivity contribution in [3.63, 3.8) is 0 Å². The third-order valence-corrected chi connectivity index (χ3v) is 2.60. The van der Waals surface area contributed by atoms with Gasteiger partial charge in [0.2, 0.25) is 0 Å². The molecule has 0 spiro atoms. The predicted octanol–water partition coefficient (Wildman–Crippen LogP) is 0.993. The molecule has 1 aromatic rings. The smallest absolute Gasteiger partial charge is 0.153 e. The van der Waals surface area contributed by atoms with E-state index in [0.29, 0.717) is 12.5 Å². The fourth-order valence-corrected chi connectivity index (χ4v) is 1.79. The highest BCUT2D eigenvalue weighted by molar-refractivity contribution is 4.86. The summed E-state index contributed by atoms with van der Waals surface area (Å²) in [6.07, 6.45) is 6.01. The van der Waals surface area contributed by atoms with Gasteiger partial charge in [-0.1, -0.05) is 0 Å². The zero-order valence-corrected chi connectivity index (χ0v) is 8.85. The Morgan fingerprint density at radius 2 is 2.27 bits per heavy atom. The first-order valence-electron chi connectivity index (χ1n) is 5.49. The summed E-state index contributed by atoms with van der Waals surface area (Å²) < 4.78 is 5.59. The Bertz CT molecular complexity index is 272. The summed E-state index contributed by atoms with van der Waals surface area (Å²) in [6, 6.07) is 1.81. The average Bonchev–Trinajstić information content (AvgIpc) is 2.32. The highest BCUT2D eigenvalue weighted by Crippen LogP contribution is 2.10. The molecule has 2 rings (SSSR count). The van der Waals surface area contributed by atoms with Gasteiger partial charge in [0.1, 0.15) is 6.61 Å². The molecular weight excluding hydrogens is 190 g/mol. The van der Waals surface area contributed by atoms with Gasteiger partial charge < -0.3 is 10.1 Å². The van der Waals surface area contributed by atoms with Crippen LogP contribution in [0.25, 0.3) is 0 Å². The van der Waals surface area contributed by atoms with Crippen LogP contribution in [0.3, 0.4) is 0 Å². The van der Waals surface area contributed by atoms with Crippen molar-refractivity contribution in [3.05, 3.63) is 24.3 Å². The Morgan fingerprint density at radius 3 is 3.00 bits per heavy atom. The normalized spacial score (nSPS) is 21.5. The third kappa shape index (κ3) is 3.57. The van der Waals surface area contributed by atoms with Crippen LogP contribution in [0.5, 0.6) is 0 Å². The summed E-state index contributed by atoms with van der Waals surface area (Å²) in [5.41, 5.74) is 0. The summed E-state index contributed by atoms with van der Waals surface area (Å²) >= 11 is 0. The predicted molar refractivity (Wildman–Crippen MR) is 57.3 cm³/mol. The molecule has 1 saturated heterocycles. The van der Waals surface area contributed by atoms with Gasteiger partial charge in [-0.15, -0.1) is 0 Å². The molecule has 0 bridgehead atoms. The van der Waals surface area contributed by atoms with E-state index in [-0.39, 0.29) is 0 Å². The molecule has 4 nitrogen and oxygen atoms in total. The number of rotatable bonds is 4. The van der Waals surface area contributed by atoms with Crippen LogP contribution < -0.4 is 5.32 Å². The lowest BCUT2D eigenvalue weighted by Gasteiger charge is -2.22. The van der Waals surface area contributed by atoms with E-state index in [2.05, 4.69) is 15.3 Å². The van der Waals surface area contributed by atoms with Gasteiger partial charge in [0, 0.05) is 18.9 Å². The van der Waals surface area contributed by atoms with E-state index >= 15 is 0 Å². The van der Waals surface area contributed by atoms with Gasteiger partial charge in [0.15, 0.2) is 5.82 Å². The molecular formula is C11H17N3O. The molecule has 0 aliphatic carbocycles. The largest absolute Gasteiger partial charge is 0.373 e. The number of piperidine rings is 1. The van der Waals surface area contributed by atoms with Crippen molar-refractivity contribution in [1.29, 1.82) is 0 Å². The summed E-state index contributed by atoms with van der Waals surface area (Å²) in [6.45, 7) is 3.57. The van der Waals surface area contributed by atoms with Crippen LogP contribution in [-0.4, -0.2) is 29.7 Å². The zero-order chi connectivity index (χ0) is 10.3. The maximum atomic E-state index is 5.59. The summed E-state index contributed by atoms with van der Waals surface area (Å²) in [7, 11) is 0. The minimum Gasteiger partial charge on any atom is -0.373 e. The van der Waals surface area contributed by atoms with Crippen LogP contribution in [0.4, 0.5) is 0 Å². The van der Waals surface area contributed by atoms with Crippen molar-refractivity contribution in [2.45, 2.75) is 19.4 Å². The molecule has 0 radical (unpaired) electrons. The minimum absolute atomic E-state index is 0.525. The molecule has 82 valence electrons. The number of hydrogen-bond donors (Lipinski definition) is 1. The monoisotopic (exact) mass is 207 g/mol. The maximum absolute atomic E-state index is 5.59.